The van der Waals surface area contributed by atoms with Crippen molar-refractivity contribution in [1.29, 1.82) is 0 Å². The second kappa shape index (κ2) is 13.5. The topological polar surface area (TPSA) is 58.6 Å². The summed E-state index contributed by atoms with van der Waals surface area (Å²) in [4.78, 5) is 28.6. The molecule has 190 valence electrons. The van der Waals surface area contributed by atoms with Crippen LogP contribution in [-0.2, 0) is 22.6 Å². The molecule has 3 rings (SSSR count). The average Bonchev–Trinajstić information content (AvgIpc) is 2.87. The fourth-order valence-electron chi connectivity index (χ4n) is 3.61. The van der Waals surface area contributed by atoms with Crippen molar-refractivity contribution in [1.82, 2.24) is 10.2 Å². The summed E-state index contributed by atoms with van der Waals surface area (Å²) in [6.45, 7) is 3.82. The lowest BCUT2D eigenvalue weighted by Crippen LogP contribution is -2.53. The van der Waals surface area contributed by atoms with Gasteiger partial charge in [-0.15, -0.1) is 0 Å². The van der Waals surface area contributed by atoms with E-state index in [0.717, 1.165) is 17.5 Å². The number of carbonyl (C=O) groups excluding carboxylic acids is 2. The third-order valence-electron chi connectivity index (χ3n) is 5.77. The van der Waals surface area contributed by atoms with Gasteiger partial charge in [-0.1, -0.05) is 84.2 Å². The van der Waals surface area contributed by atoms with E-state index in [9.17, 15) is 9.59 Å². The summed E-state index contributed by atoms with van der Waals surface area (Å²) in [6, 6.07) is 20.8. The Morgan fingerprint density at radius 1 is 0.917 bits per heavy atom. The fourth-order valence-corrected chi connectivity index (χ4v) is 4.12. The standard InChI is InChI=1S/C28H29Cl3N2O3/c1-3-19(2)32-28(35)26(15-20-8-5-4-6-9-20)33(17-21-12-13-24(30)25(31)14-21)27(34)18-36-23-11-7-10-22(29)16-23/h4-14,16,19,26H,3,15,17-18H2,1-2H3,(H,32,35)/t19-,26+/m0/s1. The van der Waals surface area contributed by atoms with Crippen LogP contribution in [0.3, 0.4) is 0 Å². The van der Waals surface area contributed by atoms with Gasteiger partial charge in [0.2, 0.25) is 5.91 Å². The van der Waals surface area contributed by atoms with Crippen LogP contribution in [0, 0.1) is 0 Å². The number of hydrogen-bond donors (Lipinski definition) is 1. The SMILES string of the molecule is CC[C@H](C)NC(=O)[C@@H](Cc1ccccc1)N(Cc1ccc(Cl)c(Cl)c1)C(=O)COc1cccc(Cl)c1. The lowest BCUT2D eigenvalue weighted by Gasteiger charge is -2.32. The molecule has 0 spiro atoms. The molecule has 0 unspecified atom stereocenters. The van der Waals surface area contributed by atoms with E-state index in [2.05, 4.69) is 5.32 Å². The minimum atomic E-state index is -0.772. The molecule has 0 saturated carbocycles. The lowest BCUT2D eigenvalue weighted by atomic mass is 10.0. The maximum atomic E-state index is 13.6. The number of nitrogens with one attached hydrogen (secondary N) is 1. The Bertz CT molecular complexity index is 1170. The first kappa shape index (κ1) is 27.9. The molecular weight excluding hydrogens is 519 g/mol. The molecule has 0 aliphatic heterocycles. The molecule has 0 bridgehead atoms. The smallest absolute Gasteiger partial charge is 0.261 e. The molecule has 0 fully saturated rings. The molecule has 0 aliphatic rings. The predicted octanol–water partition coefficient (Wildman–Crippen LogP) is 6.58. The van der Waals surface area contributed by atoms with Gasteiger partial charge in [0.25, 0.3) is 5.91 Å². The Balaban J connectivity index is 1.93. The Morgan fingerprint density at radius 2 is 1.67 bits per heavy atom. The van der Waals surface area contributed by atoms with Gasteiger partial charge in [0.05, 0.1) is 10.0 Å². The molecule has 8 heteroatoms. The third-order valence-corrected chi connectivity index (χ3v) is 6.74. The summed E-state index contributed by atoms with van der Waals surface area (Å²) < 4.78 is 5.74. The van der Waals surface area contributed by atoms with Crippen LogP contribution in [-0.4, -0.2) is 35.4 Å². The number of ether oxygens (including phenoxy) is 1. The number of nitrogens with zero attached hydrogens (tertiary/aromatic N) is 1. The van der Waals surface area contributed by atoms with Crippen LogP contribution in [0.25, 0.3) is 0 Å². The third kappa shape index (κ3) is 8.16. The van der Waals surface area contributed by atoms with E-state index in [1.165, 1.54) is 4.90 Å². The van der Waals surface area contributed by atoms with Crippen molar-refractivity contribution in [2.75, 3.05) is 6.61 Å². The number of halogens is 3. The number of carbonyl (C=O) groups is 2. The number of benzene rings is 3. The van der Waals surface area contributed by atoms with Gasteiger partial charge in [-0.2, -0.15) is 0 Å². The predicted molar refractivity (Wildman–Crippen MR) is 146 cm³/mol. The Labute approximate surface area is 227 Å². The molecule has 3 aromatic rings. The largest absolute Gasteiger partial charge is 0.484 e. The molecule has 0 radical (unpaired) electrons. The highest BCUT2D eigenvalue weighted by atomic mass is 35.5. The monoisotopic (exact) mass is 546 g/mol. The van der Waals surface area contributed by atoms with Crippen LogP contribution in [0.1, 0.15) is 31.4 Å². The molecule has 36 heavy (non-hydrogen) atoms. The van der Waals surface area contributed by atoms with Crippen LogP contribution in [0.5, 0.6) is 5.75 Å². The first-order chi connectivity index (χ1) is 17.3. The van der Waals surface area contributed by atoms with Crippen molar-refractivity contribution in [2.24, 2.45) is 0 Å². The minimum absolute atomic E-state index is 0.0413. The van der Waals surface area contributed by atoms with Gasteiger partial charge < -0.3 is 15.0 Å². The van der Waals surface area contributed by atoms with E-state index < -0.39 is 6.04 Å². The zero-order chi connectivity index (χ0) is 26.1. The molecule has 3 aromatic carbocycles. The maximum absolute atomic E-state index is 13.6. The number of hydrogen-bond acceptors (Lipinski definition) is 3. The van der Waals surface area contributed by atoms with Crippen molar-refractivity contribution in [3.8, 4) is 5.75 Å². The van der Waals surface area contributed by atoms with Crippen molar-refractivity contribution >= 4 is 46.6 Å². The van der Waals surface area contributed by atoms with Gasteiger partial charge in [-0.25, -0.2) is 0 Å². The molecule has 2 atom stereocenters. The summed E-state index contributed by atoms with van der Waals surface area (Å²) >= 11 is 18.4. The van der Waals surface area contributed by atoms with Crippen LogP contribution >= 0.6 is 34.8 Å². The summed E-state index contributed by atoms with van der Waals surface area (Å²) in [5, 5.41) is 4.33. The van der Waals surface area contributed by atoms with Crippen LogP contribution < -0.4 is 10.1 Å². The van der Waals surface area contributed by atoms with Crippen LogP contribution in [0.2, 0.25) is 15.1 Å². The second-order valence-corrected chi connectivity index (χ2v) is 9.79. The normalized spacial score (nSPS) is 12.5. The minimum Gasteiger partial charge on any atom is -0.484 e. The first-order valence-corrected chi connectivity index (χ1v) is 12.9. The number of rotatable bonds is 11. The molecular formula is C28H29Cl3N2O3. The molecule has 0 saturated heterocycles. The van der Waals surface area contributed by atoms with E-state index in [1.807, 2.05) is 44.2 Å². The van der Waals surface area contributed by atoms with Gasteiger partial charge in [0.15, 0.2) is 6.61 Å². The van der Waals surface area contributed by atoms with Crippen LogP contribution in [0.4, 0.5) is 0 Å². The summed E-state index contributed by atoms with van der Waals surface area (Å²) in [6.07, 6.45) is 1.11. The van der Waals surface area contributed by atoms with Gasteiger partial charge in [-0.05, 0) is 54.8 Å². The average molecular weight is 548 g/mol. The van der Waals surface area contributed by atoms with Gasteiger partial charge in [0, 0.05) is 24.0 Å². The maximum Gasteiger partial charge on any atom is 0.261 e. The molecule has 2 amide bonds. The highest BCUT2D eigenvalue weighted by Gasteiger charge is 2.31. The highest BCUT2D eigenvalue weighted by molar-refractivity contribution is 6.42. The zero-order valence-electron chi connectivity index (χ0n) is 20.2. The van der Waals surface area contributed by atoms with Crippen molar-refractivity contribution in [3.05, 3.63) is 99.0 Å². The Kier molecular flexibility index (Phi) is 10.5. The molecule has 0 aliphatic carbocycles. The second-order valence-electron chi connectivity index (χ2n) is 8.54. The zero-order valence-corrected chi connectivity index (χ0v) is 22.5. The first-order valence-electron chi connectivity index (χ1n) is 11.7. The van der Waals surface area contributed by atoms with Gasteiger partial charge in [-0.3, -0.25) is 9.59 Å². The Morgan fingerprint density at radius 3 is 2.33 bits per heavy atom. The summed E-state index contributed by atoms with van der Waals surface area (Å²) in [7, 11) is 0. The summed E-state index contributed by atoms with van der Waals surface area (Å²) in [5.41, 5.74) is 1.68. The fraction of sp³-hybridized carbons (Fsp3) is 0.286. The quantitative estimate of drug-likeness (QED) is 0.295. The summed E-state index contributed by atoms with van der Waals surface area (Å²) in [5.74, 6) is -0.111. The number of amides is 2. The van der Waals surface area contributed by atoms with Gasteiger partial charge in [0.1, 0.15) is 11.8 Å². The molecule has 0 heterocycles. The molecule has 0 aromatic heterocycles. The van der Waals surface area contributed by atoms with Crippen molar-refractivity contribution < 1.29 is 14.3 Å². The molecule has 1 N–H and O–H groups in total. The van der Waals surface area contributed by atoms with Crippen LogP contribution in [0.15, 0.2) is 72.8 Å². The lowest BCUT2D eigenvalue weighted by molar-refractivity contribution is -0.143. The van der Waals surface area contributed by atoms with Crippen molar-refractivity contribution in [3.63, 3.8) is 0 Å². The van der Waals surface area contributed by atoms with E-state index in [0.29, 0.717) is 27.2 Å². The van der Waals surface area contributed by atoms with E-state index >= 15 is 0 Å². The van der Waals surface area contributed by atoms with Gasteiger partial charge >= 0.3 is 0 Å². The Hall–Kier alpha value is -2.73. The molecule has 5 nitrogen and oxygen atoms in total. The van der Waals surface area contributed by atoms with E-state index in [-0.39, 0.29) is 31.0 Å². The van der Waals surface area contributed by atoms with E-state index in [4.69, 9.17) is 39.5 Å². The highest BCUT2D eigenvalue weighted by Crippen LogP contribution is 2.25. The van der Waals surface area contributed by atoms with Crippen molar-refractivity contribution in [2.45, 2.75) is 45.3 Å². The van der Waals surface area contributed by atoms with E-state index in [1.54, 1.807) is 42.5 Å².